The summed E-state index contributed by atoms with van der Waals surface area (Å²) in [5.41, 5.74) is 1.80. The molecule has 6 heteroatoms. The van der Waals surface area contributed by atoms with Gasteiger partial charge in [0.15, 0.2) is 17.6 Å². The van der Waals surface area contributed by atoms with Gasteiger partial charge in [-0.05, 0) is 31.0 Å². The number of carbonyl (C=O) groups excluding carboxylic acids is 2. The van der Waals surface area contributed by atoms with Gasteiger partial charge in [0.05, 0.1) is 24.8 Å². The number of aryl methyl sites for hydroxylation is 1. The Bertz CT molecular complexity index is 799. The summed E-state index contributed by atoms with van der Waals surface area (Å²) in [5, 5.41) is 0.216. The third kappa shape index (κ3) is 4.35. The number of ketones is 1. The molecule has 2 aromatic rings. The SMILES string of the molecule is CCc1ccc(C(=O)[C@@H](C)OC(=O)c2cc(Cl)c(OC)c(OC)c2)cc1. The lowest BCUT2D eigenvalue weighted by molar-refractivity contribution is 0.0318. The average molecular weight is 377 g/mol. The molecule has 0 fully saturated rings. The fourth-order valence-electron chi connectivity index (χ4n) is 2.46. The second-order valence-electron chi connectivity index (χ2n) is 5.66. The van der Waals surface area contributed by atoms with Crippen molar-refractivity contribution in [2.24, 2.45) is 0 Å². The Labute approximate surface area is 157 Å². The quantitative estimate of drug-likeness (QED) is 0.531. The molecule has 138 valence electrons. The van der Waals surface area contributed by atoms with Gasteiger partial charge >= 0.3 is 5.97 Å². The Morgan fingerprint density at radius 2 is 1.69 bits per heavy atom. The van der Waals surface area contributed by atoms with Crippen LogP contribution in [0.2, 0.25) is 5.02 Å². The minimum Gasteiger partial charge on any atom is -0.493 e. The summed E-state index contributed by atoms with van der Waals surface area (Å²) in [4.78, 5) is 24.8. The Hall–Kier alpha value is -2.53. The van der Waals surface area contributed by atoms with E-state index in [0.29, 0.717) is 17.1 Å². The minimum atomic E-state index is -0.929. The van der Waals surface area contributed by atoms with E-state index in [1.54, 1.807) is 12.1 Å². The number of benzene rings is 2. The molecule has 0 spiro atoms. The number of methoxy groups -OCH3 is 2. The van der Waals surface area contributed by atoms with E-state index in [1.807, 2.05) is 19.1 Å². The van der Waals surface area contributed by atoms with Crippen LogP contribution in [-0.2, 0) is 11.2 Å². The molecule has 2 rings (SSSR count). The molecular formula is C20H21ClO5. The van der Waals surface area contributed by atoms with Gasteiger partial charge in [0.2, 0.25) is 5.78 Å². The lowest BCUT2D eigenvalue weighted by Gasteiger charge is -2.14. The number of hydrogen-bond acceptors (Lipinski definition) is 5. The van der Waals surface area contributed by atoms with Crippen LogP contribution in [0, 0.1) is 0 Å². The summed E-state index contributed by atoms with van der Waals surface area (Å²) in [6.07, 6.45) is -0.0409. The summed E-state index contributed by atoms with van der Waals surface area (Å²) in [5.74, 6) is -0.307. The van der Waals surface area contributed by atoms with Crippen LogP contribution in [0.1, 0.15) is 40.1 Å². The highest BCUT2D eigenvalue weighted by atomic mass is 35.5. The first kappa shape index (κ1) is 19.8. The van der Waals surface area contributed by atoms with Crippen LogP contribution in [0.15, 0.2) is 36.4 Å². The van der Waals surface area contributed by atoms with Crippen molar-refractivity contribution in [1.29, 1.82) is 0 Å². The van der Waals surface area contributed by atoms with Crippen LogP contribution in [0.5, 0.6) is 11.5 Å². The van der Waals surface area contributed by atoms with Gasteiger partial charge in [-0.2, -0.15) is 0 Å². The fraction of sp³-hybridized carbons (Fsp3) is 0.300. The first-order chi connectivity index (χ1) is 12.4. The Morgan fingerprint density at radius 3 is 2.23 bits per heavy atom. The summed E-state index contributed by atoms with van der Waals surface area (Å²) in [6, 6.07) is 10.1. The van der Waals surface area contributed by atoms with E-state index in [-0.39, 0.29) is 16.4 Å². The molecule has 0 aromatic heterocycles. The van der Waals surface area contributed by atoms with Crippen LogP contribution in [0.4, 0.5) is 0 Å². The van der Waals surface area contributed by atoms with Crippen molar-refractivity contribution in [2.75, 3.05) is 14.2 Å². The highest BCUT2D eigenvalue weighted by Gasteiger charge is 2.22. The highest BCUT2D eigenvalue weighted by Crippen LogP contribution is 2.36. The van der Waals surface area contributed by atoms with Gasteiger partial charge < -0.3 is 14.2 Å². The van der Waals surface area contributed by atoms with Crippen molar-refractivity contribution in [3.8, 4) is 11.5 Å². The smallest absolute Gasteiger partial charge is 0.339 e. The lowest BCUT2D eigenvalue weighted by Crippen LogP contribution is -2.24. The summed E-state index contributed by atoms with van der Waals surface area (Å²) < 4.78 is 15.6. The van der Waals surface area contributed by atoms with Gasteiger partial charge in [-0.25, -0.2) is 4.79 Å². The number of rotatable bonds is 7. The highest BCUT2D eigenvalue weighted by molar-refractivity contribution is 6.32. The van der Waals surface area contributed by atoms with Crippen LogP contribution < -0.4 is 9.47 Å². The van der Waals surface area contributed by atoms with Crippen molar-refractivity contribution < 1.29 is 23.8 Å². The topological polar surface area (TPSA) is 61.8 Å². The number of hydrogen-bond donors (Lipinski definition) is 0. The number of carbonyl (C=O) groups is 2. The van der Waals surface area contributed by atoms with Crippen LogP contribution >= 0.6 is 11.6 Å². The first-order valence-electron chi connectivity index (χ1n) is 8.16. The van der Waals surface area contributed by atoms with E-state index >= 15 is 0 Å². The van der Waals surface area contributed by atoms with Gasteiger partial charge in [0, 0.05) is 5.56 Å². The first-order valence-corrected chi connectivity index (χ1v) is 8.54. The number of Topliss-reactive ketones (excluding diaryl/α,β-unsaturated/α-hetero) is 1. The largest absolute Gasteiger partial charge is 0.493 e. The average Bonchev–Trinajstić information content (AvgIpc) is 2.66. The zero-order valence-electron chi connectivity index (χ0n) is 15.2. The molecule has 0 aliphatic heterocycles. The molecular weight excluding hydrogens is 356 g/mol. The molecule has 2 aromatic carbocycles. The molecule has 0 N–H and O–H groups in total. The van der Waals surface area contributed by atoms with E-state index in [1.165, 1.54) is 33.3 Å². The monoisotopic (exact) mass is 376 g/mol. The molecule has 1 atom stereocenters. The zero-order valence-corrected chi connectivity index (χ0v) is 15.9. The molecule has 0 aliphatic rings. The van der Waals surface area contributed by atoms with Crippen molar-refractivity contribution in [2.45, 2.75) is 26.4 Å². The van der Waals surface area contributed by atoms with E-state index in [0.717, 1.165) is 12.0 Å². The summed E-state index contributed by atoms with van der Waals surface area (Å²) in [7, 11) is 2.89. The Morgan fingerprint density at radius 1 is 1.04 bits per heavy atom. The second-order valence-corrected chi connectivity index (χ2v) is 6.06. The Kier molecular flexibility index (Phi) is 6.64. The molecule has 0 saturated heterocycles. The predicted molar refractivity (Wildman–Crippen MR) is 99.6 cm³/mol. The third-order valence-corrected chi connectivity index (χ3v) is 4.25. The number of esters is 1. The van der Waals surface area contributed by atoms with Gasteiger partial charge in [-0.15, -0.1) is 0 Å². The second kappa shape index (κ2) is 8.72. The Balaban J connectivity index is 2.15. The van der Waals surface area contributed by atoms with E-state index in [2.05, 4.69) is 0 Å². The molecule has 0 saturated carbocycles. The molecule has 26 heavy (non-hydrogen) atoms. The molecule has 0 unspecified atom stereocenters. The predicted octanol–water partition coefficient (Wildman–Crippen LogP) is 4.35. The van der Waals surface area contributed by atoms with Crippen molar-refractivity contribution >= 4 is 23.4 Å². The number of halogens is 1. The standard InChI is InChI=1S/C20H21ClO5/c1-5-13-6-8-14(9-7-13)18(22)12(2)26-20(23)15-10-16(21)19(25-4)17(11-15)24-3/h6-12H,5H2,1-4H3/t12-/m1/s1. The van der Waals surface area contributed by atoms with Gasteiger partial charge in [0.25, 0.3) is 0 Å². The van der Waals surface area contributed by atoms with Crippen LogP contribution in [0.25, 0.3) is 0 Å². The lowest BCUT2D eigenvalue weighted by atomic mass is 10.0. The van der Waals surface area contributed by atoms with Gasteiger partial charge in [-0.1, -0.05) is 42.8 Å². The molecule has 0 heterocycles. The molecule has 0 radical (unpaired) electrons. The molecule has 0 amide bonds. The van der Waals surface area contributed by atoms with Gasteiger partial charge in [0.1, 0.15) is 0 Å². The molecule has 0 aliphatic carbocycles. The molecule has 5 nitrogen and oxygen atoms in total. The maximum atomic E-state index is 12.5. The van der Waals surface area contributed by atoms with Crippen LogP contribution in [-0.4, -0.2) is 32.1 Å². The normalized spacial score (nSPS) is 11.6. The minimum absolute atomic E-state index is 0.175. The fourth-order valence-corrected chi connectivity index (χ4v) is 2.75. The number of ether oxygens (including phenoxy) is 3. The van der Waals surface area contributed by atoms with Crippen molar-refractivity contribution in [3.63, 3.8) is 0 Å². The van der Waals surface area contributed by atoms with Crippen molar-refractivity contribution in [1.82, 2.24) is 0 Å². The van der Waals surface area contributed by atoms with E-state index in [9.17, 15) is 9.59 Å². The third-order valence-electron chi connectivity index (χ3n) is 3.97. The molecule has 0 bridgehead atoms. The maximum absolute atomic E-state index is 12.5. The maximum Gasteiger partial charge on any atom is 0.339 e. The van der Waals surface area contributed by atoms with Crippen molar-refractivity contribution in [3.05, 3.63) is 58.1 Å². The van der Waals surface area contributed by atoms with Gasteiger partial charge in [-0.3, -0.25) is 4.79 Å². The summed E-state index contributed by atoms with van der Waals surface area (Å²) >= 11 is 6.10. The van der Waals surface area contributed by atoms with E-state index in [4.69, 9.17) is 25.8 Å². The zero-order chi connectivity index (χ0) is 19.3. The summed E-state index contributed by atoms with van der Waals surface area (Å²) in [6.45, 7) is 3.58. The van der Waals surface area contributed by atoms with Crippen LogP contribution in [0.3, 0.4) is 0 Å². The van der Waals surface area contributed by atoms with E-state index < -0.39 is 12.1 Å².